The summed E-state index contributed by atoms with van der Waals surface area (Å²) in [5.41, 5.74) is 9.98. The number of nitrogens with one attached hydrogen (secondary N) is 3. The first-order chi connectivity index (χ1) is 16.3. The molecule has 0 aliphatic carbocycles. The number of nitrogen functional groups attached to an aromatic ring is 1. The second-order valence-corrected chi connectivity index (χ2v) is 8.27. The zero-order valence-corrected chi connectivity index (χ0v) is 19.0. The summed E-state index contributed by atoms with van der Waals surface area (Å²) in [5, 5.41) is 5.62. The van der Waals surface area contributed by atoms with E-state index in [1.807, 2.05) is 26.2 Å². The normalized spacial score (nSPS) is 11.0. The second kappa shape index (κ2) is 9.63. The SMILES string of the molecule is CN(C)CC(=O)Nc1ccc2c(c1)[nH]c(=O)n2Cc1ccc(C(=O)Nc2ccccc2N)cc1. The zero-order valence-electron chi connectivity index (χ0n) is 19.0. The van der Waals surface area contributed by atoms with E-state index in [9.17, 15) is 14.4 Å². The number of likely N-dealkylation sites (N-methyl/N-ethyl adjacent to an activating group) is 1. The number of benzene rings is 3. The number of carbonyl (C=O) groups excluding carboxylic acids is 2. The summed E-state index contributed by atoms with van der Waals surface area (Å²) in [6.07, 6.45) is 0. The van der Waals surface area contributed by atoms with Crippen LogP contribution in [0.4, 0.5) is 17.1 Å². The Morgan fingerprint density at radius 2 is 1.74 bits per heavy atom. The van der Waals surface area contributed by atoms with Crippen LogP contribution in [0.15, 0.2) is 71.5 Å². The fourth-order valence-electron chi connectivity index (χ4n) is 3.64. The van der Waals surface area contributed by atoms with Gasteiger partial charge in [0.2, 0.25) is 5.91 Å². The Hall–Kier alpha value is -4.37. The van der Waals surface area contributed by atoms with Crippen LogP contribution < -0.4 is 22.1 Å². The summed E-state index contributed by atoms with van der Waals surface area (Å²) in [5.74, 6) is -0.400. The van der Waals surface area contributed by atoms with Gasteiger partial charge in [-0.3, -0.25) is 14.2 Å². The lowest BCUT2D eigenvalue weighted by atomic mass is 10.1. The van der Waals surface area contributed by atoms with Crippen LogP contribution in [-0.2, 0) is 11.3 Å². The molecule has 4 rings (SSSR count). The molecule has 0 aliphatic rings. The van der Waals surface area contributed by atoms with Gasteiger partial charge < -0.3 is 26.3 Å². The third-order valence-corrected chi connectivity index (χ3v) is 5.28. The number of carbonyl (C=O) groups is 2. The van der Waals surface area contributed by atoms with Gasteiger partial charge in [-0.25, -0.2) is 4.79 Å². The van der Waals surface area contributed by atoms with Gasteiger partial charge in [0.05, 0.1) is 35.5 Å². The van der Waals surface area contributed by atoms with Crippen molar-refractivity contribution in [3.05, 3.63) is 88.3 Å². The Labute approximate surface area is 196 Å². The number of aromatic nitrogens is 2. The molecule has 0 radical (unpaired) electrons. The Morgan fingerprint density at radius 3 is 2.44 bits per heavy atom. The number of amides is 2. The standard InChI is InChI=1S/C25H26N6O3/c1-30(2)15-23(32)27-18-11-12-22-21(13-18)29-25(34)31(22)14-16-7-9-17(10-8-16)24(33)28-20-6-4-3-5-19(20)26/h3-13H,14-15,26H2,1-2H3,(H,27,32)(H,28,33)(H,29,34). The van der Waals surface area contributed by atoms with E-state index in [1.165, 1.54) is 0 Å². The van der Waals surface area contributed by atoms with E-state index >= 15 is 0 Å². The van der Waals surface area contributed by atoms with Crippen LogP contribution in [-0.4, -0.2) is 46.9 Å². The molecule has 1 aromatic heterocycles. The van der Waals surface area contributed by atoms with Crippen LogP contribution in [0.3, 0.4) is 0 Å². The van der Waals surface area contributed by atoms with Crippen molar-refractivity contribution in [2.75, 3.05) is 37.0 Å². The zero-order chi connectivity index (χ0) is 24.2. The largest absolute Gasteiger partial charge is 0.397 e. The van der Waals surface area contributed by atoms with Crippen molar-refractivity contribution in [3.63, 3.8) is 0 Å². The van der Waals surface area contributed by atoms with Crippen molar-refractivity contribution in [1.29, 1.82) is 0 Å². The van der Waals surface area contributed by atoms with Crippen molar-refractivity contribution < 1.29 is 9.59 Å². The number of nitrogens with two attached hydrogens (primary N) is 1. The minimum Gasteiger partial charge on any atom is -0.397 e. The molecular formula is C25H26N6O3. The molecule has 1 heterocycles. The smallest absolute Gasteiger partial charge is 0.326 e. The molecule has 9 heteroatoms. The Balaban J connectivity index is 1.48. The van der Waals surface area contributed by atoms with E-state index < -0.39 is 0 Å². The van der Waals surface area contributed by atoms with Gasteiger partial charge in [0.1, 0.15) is 0 Å². The van der Waals surface area contributed by atoms with Crippen LogP contribution in [0.1, 0.15) is 15.9 Å². The predicted octanol–water partition coefficient (Wildman–Crippen LogP) is 2.71. The monoisotopic (exact) mass is 458 g/mol. The topological polar surface area (TPSA) is 125 Å². The Bertz CT molecular complexity index is 1400. The third kappa shape index (κ3) is 5.16. The van der Waals surface area contributed by atoms with Gasteiger partial charge in [0.25, 0.3) is 5.91 Å². The fourth-order valence-corrected chi connectivity index (χ4v) is 3.64. The molecular weight excluding hydrogens is 432 g/mol. The summed E-state index contributed by atoms with van der Waals surface area (Å²) in [4.78, 5) is 41.7. The minimum absolute atomic E-state index is 0.134. The highest BCUT2D eigenvalue weighted by Crippen LogP contribution is 2.20. The molecule has 3 aromatic carbocycles. The predicted molar refractivity (Wildman–Crippen MR) is 134 cm³/mol. The van der Waals surface area contributed by atoms with Crippen LogP contribution >= 0.6 is 0 Å². The van der Waals surface area contributed by atoms with Crippen molar-refractivity contribution in [3.8, 4) is 0 Å². The van der Waals surface area contributed by atoms with Crippen molar-refractivity contribution in [2.45, 2.75) is 6.54 Å². The molecule has 0 fully saturated rings. The molecule has 9 nitrogen and oxygen atoms in total. The molecule has 2 amide bonds. The molecule has 34 heavy (non-hydrogen) atoms. The molecule has 0 saturated carbocycles. The first-order valence-electron chi connectivity index (χ1n) is 10.7. The molecule has 0 unspecified atom stereocenters. The number of nitrogens with zero attached hydrogens (tertiary/aromatic N) is 2. The van der Waals surface area contributed by atoms with Gasteiger partial charge in [-0.15, -0.1) is 0 Å². The average molecular weight is 459 g/mol. The number of hydrogen-bond donors (Lipinski definition) is 4. The number of H-pyrrole nitrogens is 1. The van der Waals surface area contributed by atoms with Crippen LogP contribution in [0.25, 0.3) is 11.0 Å². The lowest BCUT2D eigenvalue weighted by molar-refractivity contribution is -0.116. The van der Waals surface area contributed by atoms with Gasteiger partial charge in [0.15, 0.2) is 0 Å². The molecule has 0 aliphatic heterocycles. The number of fused-ring (bicyclic) bond motifs is 1. The summed E-state index contributed by atoms with van der Waals surface area (Å²) >= 11 is 0. The highest BCUT2D eigenvalue weighted by molar-refractivity contribution is 6.05. The van der Waals surface area contributed by atoms with Gasteiger partial charge in [-0.05, 0) is 62.1 Å². The molecule has 174 valence electrons. The van der Waals surface area contributed by atoms with E-state index in [0.29, 0.717) is 34.7 Å². The Kier molecular flexibility index (Phi) is 6.46. The van der Waals surface area contributed by atoms with Crippen LogP contribution in [0.2, 0.25) is 0 Å². The lowest BCUT2D eigenvalue weighted by Gasteiger charge is -2.10. The number of imidazole rings is 1. The van der Waals surface area contributed by atoms with Gasteiger partial charge >= 0.3 is 5.69 Å². The number of aromatic amines is 1. The highest BCUT2D eigenvalue weighted by Gasteiger charge is 2.12. The quantitative estimate of drug-likeness (QED) is 0.317. The third-order valence-electron chi connectivity index (χ3n) is 5.28. The first kappa shape index (κ1) is 22.8. The second-order valence-electron chi connectivity index (χ2n) is 8.27. The Morgan fingerprint density at radius 1 is 1.00 bits per heavy atom. The van der Waals surface area contributed by atoms with Crippen molar-refractivity contribution in [1.82, 2.24) is 14.5 Å². The molecule has 5 N–H and O–H groups in total. The van der Waals surface area contributed by atoms with Crippen LogP contribution in [0.5, 0.6) is 0 Å². The molecule has 0 saturated heterocycles. The fraction of sp³-hybridized carbons (Fsp3) is 0.160. The van der Waals surface area contributed by atoms with Crippen molar-refractivity contribution in [2.24, 2.45) is 0 Å². The minimum atomic E-state index is -0.266. The maximum atomic E-state index is 12.6. The van der Waals surface area contributed by atoms with E-state index in [4.69, 9.17) is 5.73 Å². The number of rotatable bonds is 7. The van der Waals surface area contributed by atoms with E-state index in [0.717, 1.165) is 11.1 Å². The number of anilines is 3. The number of hydrogen-bond acceptors (Lipinski definition) is 5. The summed E-state index contributed by atoms with van der Waals surface area (Å²) in [6.45, 7) is 0.598. The van der Waals surface area contributed by atoms with Gasteiger partial charge in [-0.1, -0.05) is 24.3 Å². The van der Waals surface area contributed by atoms with E-state index in [-0.39, 0.29) is 24.0 Å². The summed E-state index contributed by atoms with van der Waals surface area (Å²) < 4.78 is 1.61. The van der Waals surface area contributed by atoms with Crippen molar-refractivity contribution >= 4 is 39.9 Å². The summed E-state index contributed by atoms with van der Waals surface area (Å²) in [6, 6.07) is 19.4. The van der Waals surface area contributed by atoms with Crippen LogP contribution in [0, 0.1) is 0 Å². The maximum absolute atomic E-state index is 12.6. The van der Waals surface area contributed by atoms with E-state index in [2.05, 4.69) is 15.6 Å². The first-order valence-corrected chi connectivity index (χ1v) is 10.7. The van der Waals surface area contributed by atoms with E-state index in [1.54, 1.807) is 64.1 Å². The molecule has 0 atom stereocenters. The molecule has 0 spiro atoms. The molecule has 0 bridgehead atoms. The van der Waals surface area contributed by atoms with Gasteiger partial charge in [-0.2, -0.15) is 0 Å². The summed E-state index contributed by atoms with van der Waals surface area (Å²) in [7, 11) is 3.64. The number of para-hydroxylation sites is 2. The molecule has 4 aromatic rings. The average Bonchev–Trinajstić information content (AvgIpc) is 3.09. The maximum Gasteiger partial charge on any atom is 0.326 e. The lowest BCUT2D eigenvalue weighted by Crippen LogP contribution is -2.27. The highest BCUT2D eigenvalue weighted by atomic mass is 16.2. The van der Waals surface area contributed by atoms with Gasteiger partial charge in [0, 0.05) is 11.3 Å².